The molecule has 0 amide bonds. The molecule has 1 fully saturated rings. The lowest BCUT2D eigenvalue weighted by Crippen LogP contribution is -2.28. The van der Waals surface area contributed by atoms with Crippen molar-refractivity contribution in [1.29, 1.82) is 0 Å². The Bertz CT molecular complexity index is 444. The molecule has 0 atom stereocenters. The number of hydrogen-bond acceptors (Lipinski definition) is 3. The van der Waals surface area contributed by atoms with E-state index in [1.54, 1.807) is 6.07 Å². The fraction of sp³-hybridized carbons (Fsp3) is 0.562. The van der Waals surface area contributed by atoms with E-state index < -0.39 is 0 Å². The Balaban J connectivity index is 1.94. The Morgan fingerprint density at radius 1 is 1.37 bits per heavy atom. The molecule has 1 aromatic rings. The molecule has 1 aliphatic carbocycles. The molecule has 0 aliphatic heterocycles. The molecule has 0 saturated heterocycles. The predicted octanol–water partition coefficient (Wildman–Crippen LogP) is 3.27. The molecular weight excluding hydrogens is 238 g/mol. The molecule has 104 valence electrons. The second-order valence-electron chi connectivity index (χ2n) is 6.17. The number of nitrogens with two attached hydrogens (primary N) is 1. The average molecular weight is 261 g/mol. The smallest absolute Gasteiger partial charge is 0.338 e. The molecule has 2 rings (SSSR count). The minimum absolute atomic E-state index is 0.0713. The number of carbonyl (C=O) groups is 1. The summed E-state index contributed by atoms with van der Waals surface area (Å²) in [6.45, 7) is 4.99. The molecular formula is C16H23NO2. The third-order valence-electron chi connectivity index (χ3n) is 3.96. The van der Waals surface area contributed by atoms with Gasteiger partial charge < -0.3 is 10.5 Å². The van der Waals surface area contributed by atoms with E-state index in [1.807, 2.05) is 18.2 Å². The Morgan fingerprint density at radius 3 is 2.68 bits per heavy atom. The van der Waals surface area contributed by atoms with Crippen LogP contribution in [0.5, 0.6) is 0 Å². The number of ether oxygens (including phenoxy) is 1. The number of hydrogen-bond donors (Lipinski definition) is 1. The predicted molar refractivity (Wildman–Crippen MR) is 75.8 cm³/mol. The maximum Gasteiger partial charge on any atom is 0.338 e. The van der Waals surface area contributed by atoms with Crippen molar-refractivity contribution in [1.82, 2.24) is 0 Å². The van der Waals surface area contributed by atoms with Gasteiger partial charge in [0.1, 0.15) is 6.10 Å². The first-order valence-electron chi connectivity index (χ1n) is 7.00. The molecule has 3 nitrogen and oxygen atoms in total. The van der Waals surface area contributed by atoms with Gasteiger partial charge in [0.15, 0.2) is 0 Å². The topological polar surface area (TPSA) is 52.3 Å². The van der Waals surface area contributed by atoms with Gasteiger partial charge in [0.25, 0.3) is 0 Å². The van der Waals surface area contributed by atoms with Crippen molar-refractivity contribution in [2.75, 3.05) is 0 Å². The molecule has 0 unspecified atom stereocenters. The number of rotatable bonds is 3. The molecule has 0 bridgehead atoms. The van der Waals surface area contributed by atoms with Crippen molar-refractivity contribution in [3.63, 3.8) is 0 Å². The summed E-state index contributed by atoms with van der Waals surface area (Å²) in [5, 5.41) is 0. The van der Waals surface area contributed by atoms with Gasteiger partial charge in [-0.3, -0.25) is 0 Å². The highest BCUT2D eigenvalue weighted by molar-refractivity contribution is 5.89. The summed E-state index contributed by atoms with van der Waals surface area (Å²) < 4.78 is 5.59. The quantitative estimate of drug-likeness (QED) is 0.850. The molecule has 19 heavy (non-hydrogen) atoms. The highest BCUT2D eigenvalue weighted by atomic mass is 16.5. The molecule has 3 heteroatoms. The minimum Gasteiger partial charge on any atom is -0.459 e. The molecule has 2 N–H and O–H groups in total. The fourth-order valence-corrected chi connectivity index (χ4v) is 2.54. The lowest BCUT2D eigenvalue weighted by atomic mass is 9.76. The third-order valence-corrected chi connectivity index (χ3v) is 3.96. The summed E-state index contributed by atoms with van der Waals surface area (Å²) in [4.78, 5) is 12.1. The SMILES string of the molecule is CC1(C)CCC(OC(=O)c2cccc(CN)c2)CC1. The molecule has 0 aromatic heterocycles. The van der Waals surface area contributed by atoms with E-state index in [0.717, 1.165) is 31.2 Å². The standard InChI is InChI=1S/C16H23NO2/c1-16(2)8-6-14(7-9-16)19-15(18)13-5-3-4-12(10-13)11-17/h3-5,10,14H,6-9,11,17H2,1-2H3. The van der Waals surface area contributed by atoms with Crippen molar-refractivity contribution in [2.45, 2.75) is 52.2 Å². The largest absolute Gasteiger partial charge is 0.459 e. The van der Waals surface area contributed by atoms with Gasteiger partial charge in [0, 0.05) is 6.54 Å². The molecule has 0 radical (unpaired) electrons. The molecule has 1 aliphatic rings. The van der Waals surface area contributed by atoms with E-state index in [9.17, 15) is 4.79 Å². The van der Waals surface area contributed by atoms with Gasteiger partial charge in [-0.2, -0.15) is 0 Å². The summed E-state index contributed by atoms with van der Waals surface area (Å²) in [7, 11) is 0. The zero-order valence-electron chi connectivity index (χ0n) is 11.8. The van der Waals surface area contributed by atoms with Crippen LogP contribution in [0.3, 0.4) is 0 Å². The van der Waals surface area contributed by atoms with E-state index >= 15 is 0 Å². The van der Waals surface area contributed by atoms with Gasteiger partial charge in [0.05, 0.1) is 5.56 Å². The first-order valence-corrected chi connectivity index (χ1v) is 7.00. The highest BCUT2D eigenvalue weighted by Gasteiger charge is 2.28. The highest BCUT2D eigenvalue weighted by Crippen LogP contribution is 2.36. The van der Waals surface area contributed by atoms with Crippen LogP contribution >= 0.6 is 0 Å². The van der Waals surface area contributed by atoms with Crippen LogP contribution < -0.4 is 5.73 Å². The lowest BCUT2D eigenvalue weighted by molar-refractivity contribution is 0.00950. The molecule has 0 heterocycles. The van der Waals surface area contributed by atoms with Gasteiger partial charge in [-0.05, 0) is 48.8 Å². The monoisotopic (exact) mass is 261 g/mol. The van der Waals surface area contributed by atoms with Crippen molar-refractivity contribution in [2.24, 2.45) is 11.1 Å². The normalized spacial score (nSPS) is 19.1. The van der Waals surface area contributed by atoms with Crippen LogP contribution in [0.15, 0.2) is 24.3 Å². The maximum absolute atomic E-state index is 12.1. The van der Waals surface area contributed by atoms with Crippen molar-refractivity contribution in [3.05, 3.63) is 35.4 Å². The minimum atomic E-state index is -0.222. The van der Waals surface area contributed by atoms with Crippen molar-refractivity contribution >= 4 is 5.97 Å². The third kappa shape index (κ3) is 3.80. The van der Waals surface area contributed by atoms with Crippen LogP contribution in [0.25, 0.3) is 0 Å². The van der Waals surface area contributed by atoms with E-state index in [-0.39, 0.29) is 12.1 Å². The Morgan fingerprint density at radius 2 is 2.05 bits per heavy atom. The Hall–Kier alpha value is -1.35. The second-order valence-corrected chi connectivity index (χ2v) is 6.17. The first-order chi connectivity index (χ1) is 9.00. The van der Waals surface area contributed by atoms with Gasteiger partial charge in [-0.1, -0.05) is 26.0 Å². The molecule has 0 spiro atoms. The average Bonchev–Trinajstić information content (AvgIpc) is 2.41. The Kier molecular flexibility index (Phi) is 4.25. The summed E-state index contributed by atoms with van der Waals surface area (Å²) >= 11 is 0. The summed E-state index contributed by atoms with van der Waals surface area (Å²) in [5.74, 6) is -0.222. The number of esters is 1. The van der Waals surface area contributed by atoms with Crippen molar-refractivity contribution in [3.8, 4) is 0 Å². The first kappa shape index (κ1) is 14.1. The van der Waals surface area contributed by atoms with Crippen LogP contribution in [0.4, 0.5) is 0 Å². The van der Waals surface area contributed by atoms with Crippen LogP contribution in [-0.4, -0.2) is 12.1 Å². The zero-order chi connectivity index (χ0) is 13.9. The maximum atomic E-state index is 12.1. The summed E-state index contributed by atoms with van der Waals surface area (Å²) in [6, 6.07) is 7.37. The van der Waals surface area contributed by atoms with Gasteiger partial charge in [0.2, 0.25) is 0 Å². The van der Waals surface area contributed by atoms with Crippen LogP contribution in [0, 0.1) is 5.41 Å². The molecule has 1 aromatic carbocycles. The van der Waals surface area contributed by atoms with Crippen molar-refractivity contribution < 1.29 is 9.53 Å². The van der Waals surface area contributed by atoms with E-state index in [2.05, 4.69) is 13.8 Å². The van der Waals surface area contributed by atoms with Crippen LogP contribution in [-0.2, 0) is 11.3 Å². The van der Waals surface area contributed by atoms with Crippen LogP contribution in [0.1, 0.15) is 55.5 Å². The second kappa shape index (κ2) is 5.74. The summed E-state index contributed by atoms with van der Waals surface area (Å²) in [5.41, 5.74) is 7.53. The van der Waals surface area contributed by atoms with E-state index in [4.69, 9.17) is 10.5 Å². The lowest BCUT2D eigenvalue weighted by Gasteiger charge is -2.33. The summed E-state index contributed by atoms with van der Waals surface area (Å²) in [6.07, 6.45) is 4.24. The fourth-order valence-electron chi connectivity index (χ4n) is 2.54. The Labute approximate surface area is 115 Å². The number of benzene rings is 1. The van der Waals surface area contributed by atoms with E-state index in [1.165, 1.54) is 0 Å². The zero-order valence-corrected chi connectivity index (χ0v) is 11.8. The molecule has 1 saturated carbocycles. The van der Waals surface area contributed by atoms with E-state index in [0.29, 0.717) is 17.5 Å². The van der Waals surface area contributed by atoms with Crippen LogP contribution in [0.2, 0.25) is 0 Å². The van der Waals surface area contributed by atoms with Gasteiger partial charge in [-0.25, -0.2) is 4.79 Å². The number of carbonyl (C=O) groups excluding carboxylic acids is 1. The van der Waals surface area contributed by atoms with Gasteiger partial charge >= 0.3 is 5.97 Å². The van der Waals surface area contributed by atoms with Gasteiger partial charge in [-0.15, -0.1) is 0 Å².